The first-order chi connectivity index (χ1) is 9.88. The van der Waals surface area contributed by atoms with Crippen molar-refractivity contribution in [1.82, 2.24) is 14.7 Å². The molecule has 21 heavy (non-hydrogen) atoms. The quantitative estimate of drug-likeness (QED) is 0.718. The number of imide groups is 1. The molecule has 0 aromatic heterocycles. The largest absolute Gasteiger partial charge is 0.450 e. The molecule has 4 amide bonds. The zero-order chi connectivity index (χ0) is 16.4. The van der Waals surface area contributed by atoms with Crippen molar-refractivity contribution in [1.29, 1.82) is 0 Å². The molecule has 0 bridgehead atoms. The van der Waals surface area contributed by atoms with E-state index in [9.17, 15) is 14.4 Å². The summed E-state index contributed by atoms with van der Waals surface area (Å²) in [4.78, 5) is 39.4. The van der Waals surface area contributed by atoms with Gasteiger partial charge in [0.2, 0.25) is 5.91 Å². The first kappa shape index (κ1) is 19.2. The van der Waals surface area contributed by atoms with Gasteiger partial charge < -0.3 is 14.5 Å². The standard InChI is InChI=1S/C14H27N3O4/c1-6-12(18)17(7-2)13(19)15(4)10-9-11-16(5)14(20)21-8-3/h6-11H2,1-5H3. The molecule has 122 valence electrons. The summed E-state index contributed by atoms with van der Waals surface area (Å²) in [7, 11) is 3.30. The zero-order valence-electron chi connectivity index (χ0n) is 13.7. The minimum atomic E-state index is -0.372. The molecule has 0 aromatic carbocycles. The summed E-state index contributed by atoms with van der Waals surface area (Å²) in [5, 5.41) is 0. The van der Waals surface area contributed by atoms with Crippen LogP contribution in [-0.4, -0.2) is 73.1 Å². The van der Waals surface area contributed by atoms with Gasteiger partial charge in [-0.15, -0.1) is 0 Å². The summed E-state index contributed by atoms with van der Waals surface area (Å²) in [6.07, 6.45) is 0.553. The lowest BCUT2D eigenvalue weighted by Gasteiger charge is -2.26. The summed E-state index contributed by atoms with van der Waals surface area (Å²) < 4.78 is 4.86. The van der Waals surface area contributed by atoms with Gasteiger partial charge in [0.25, 0.3) is 0 Å². The molecule has 0 aliphatic heterocycles. The van der Waals surface area contributed by atoms with E-state index in [0.29, 0.717) is 39.1 Å². The highest BCUT2D eigenvalue weighted by atomic mass is 16.5. The van der Waals surface area contributed by atoms with Crippen LogP contribution in [0, 0.1) is 0 Å². The second kappa shape index (κ2) is 10.0. The van der Waals surface area contributed by atoms with Crippen LogP contribution in [-0.2, 0) is 9.53 Å². The van der Waals surface area contributed by atoms with E-state index >= 15 is 0 Å². The molecule has 7 heteroatoms. The Morgan fingerprint density at radius 2 is 1.52 bits per heavy atom. The molecule has 0 N–H and O–H groups in total. The first-order valence-electron chi connectivity index (χ1n) is 7.32. The van der Waals surface area contributed by atoms with E-state index in [1.54, 1.807) is 34.9 Å². The smallest absolute Gasteiger partial charge is 0.409 e. The second-order valence-electron chi connectivity index (χ2n) is 4.67. The van der Waals surface area contributed by atoms with Gasteiger partial charge in [0, 0.05) is 40.2 Å². The maximum atomic E-state index is 12.1. The zero-order valence-corrected chi connectivity index (χ0v) is 13.7. The van der Waals surface area contributed by atoms with Crippen LogP contribution in [0.5, 0.6) is 0 Å². The van der Waals surface area contributed by atoms with Crippen molar-refractivity contribution in [2.24, 2.45) is 0 Å². The Hall–Kier alpha value is -1.79. The van der Waals surface area contributed by atoms with Crippen molar-refractivity contribution in [3.63, 3.8) is 0 Å². The Bertz CT molecular complexity index is 360. The number of carbonyl (C=O) groups excluding carboxylic acids is 3. The number of carbonyl (C=O) groups is 3. The Balaban J connectivity index is 4.24. The molecule has 0 fully saturated rings. The molecule has 0 spiro atoms. The highest BCUT2D eigenvalue weighted by molar-refractivity contribution is 5.94. The van der Waals surface area contributed by atoms with Crippen LogP contribution in [0.15, 0.2) is 0 Å². The van der Waals surface area contributed by atoms with Crippen LogP contribution in [0.2, 0.25) is 0 Å². The van der Waals surface area contributed by atoms with Crippen molar-refractivity contribution in [2.75, 3.05) is 40.3 Å². The highest BCUT2D eigenvalue weighted by Crippen LogP contribution is 2.02. The van der Waals surface area contributed by atoms with Gasteiger partial charge in [-0.2, -0.15) is 0 Å². The molecule has 0 saturated heterocycles. The summed E-state index contributed by atoms with van der Waals surface area (Å²) in [5.41, 5.74) is 0. The molecule has 0 aliphatic rings. The van der Waals surface area contributed by atoms with Crippen molar-refractivity contribution in [3.05, 3.63) is 0 Å². The number of ether oxygens (including phenoxy) is 1. The molecule has 7 nitrogen and oxygen atoms in total. The third kappa shape index (κ3) is 6.46. The van der Waals surface area contributed by atoms with Gasteiger partial charge in [-0.25, -0.2) is 9.59 Å². The number of urea groups is 1. The Kier molecular flexibility index (Phi) is 9.16. The molecule has 0 rings (SSSR count). The van der Waals surface area contributed by atoms with E-state index in [-0.39, 0.29) is 18.0 Å². The van der Waals surface area contributed by atoms with Crippen molar-refractivity contribution >= 4 is 18.0 Å². The third-order valence-corrected chi connectivity index (χ3v) is 3.04. The number of hydrogen-bond donors (Lipinski definition) is 0. The fourth-order valence-electron chi connectivity index (χ4n) is 1.78. The van der Waals surface area contributed by atoms with Gasteiger partial charge in [-0.1, -0.05) is 6.92 Å². The lowest BCUT2D eigenvalue weighted by atomic mass is 10.3. The van der Waals surface area contributed by atoms with E-state index in [1.807, 2.05) is 0 Å². The van der Waals surface area contributed by atoms with E-state index in [2.05, 4.69) is 0 Å². The molecular formula is C14H27N3O4. The fourth-order valence-corrected chi connectivity index (χ4v) is 1.78. The van der Waals surface area contributed by atoms with Crippen LogP contribution >= 0.6 is 0 Å². The van der Waals surface area contributed by atoms with Crippen LogP contribution in [0.25, 0.3) is 0 Å². The summed E-state index contributed by atoms with van der Waals surface area (Å²) in [6, 6.07) is -0.303. The lowest BCUT2D eigenvalue weighted by molar-refractivity contribution is -0.128. The predicted octanol–water partition coefficient (Wildman–Crippen LogP) is 1.78. The maximum absolute atomic E-state index is 12.1. The molecule has 0 aliphatic carbocycles. The highest BCUT2D eigenvalue weighted by Gasteiger charge is 2.21. The van der Waals surface area contributed by atoms with Crippen LogP contribution in [0.4, 0.5) is 9.59 Å². The van der Waals surface area contributed by atoms with Gasteiger partial charge in [0.15, 0.2) is 0 Å². The Morgan fingerprint density at radius 1 is 0.952 bits per heavy atom. The number of amides is 4. The van der Waals surface area contributed by atoms with Crippen molar-refractivity contribution in [3.8, 4) is 0 Å². The molecule has 0 atom stereocenters. The first-order valence-corrected chi connectivity index (χ1v) is 7.32. The molecule has 0 heterocycles. The van der Waals surface area contributed by atoms with Gasteiger partial charge >= 0.3 is 12.1 Å². The minimum absolute atomic E-state index is 0.182. The van der Waals surface area contributed by atoms with E-state index < -0.39 is 0 Å². The Morgan fingerprint density at radius 3 is 2.00 bits per heavy atom. The number of rotatable bonds is 7. The predicted molar refractivity (Wildman–Crippen MR) is 80.0 cm³/mol. The summed E-state index contributed by atoms with van der Waals surface area (Å²) in [5.74, 6) is -0.182. The SMILES string of the molecule is CCOC(=O)N(C)CCCN(C)C(=O)N(CC)C(=O)CC. The molecule has 0 radical (unpaired) electrons. The minimum Gasteiger partial charge on any atom is -0.450 e. The van der Waals surface area contributed by atoms with Gasteiger partial charge in [0.1, 0.15) is 0 Å². The van der Waals surface area contributed by atoms with Crippen LogP contribution in [0.3, 0.4) is 0 Å². The van der Waals surface area contributed by atoms with Gasteiger partial charge in [-0.3, -0.25) is 9.69 Å². The summed E-state index contributed by atoms with van der Waals surface area (Å²) in [6.45, 7) is 6.91. The van der Waals surface area contributed by atoms with Crippen LogP contribution < -0.4 is 0 Å². The summed E-state index contributed by atoms with van der Waals surface area (Å²) >= 11 is 0. The topological polar surface area (TPSA) is 70.2 Å². The van der Waals surface area contributed by atoms with E-state index in [1.165, 1.54) is 14.7 Å². The lowest BCUT2D eigenvalue weighted by Crippen LogP contribution is -2.45. The molecule has 0 saturated carbocycles. The average Bonchev–Trinajstić information content (AvgIpc) is 2.47. The molecule has 0 aromatic rings. The third-order valence-electron chi connectivity index (χ3n) is 3.04. The number of nitrogens with zero attached hydrogens (tertiary/aromatic N) is 3. The normalized spacial score (nSPS) is 9.95. The van der Waals surface area contributed by atoms with E-state index in [4.69, 9.17) is 4.74 Å². The molecule has 0 unspecified atom stereocenters. The Labute approximate surface area is 126 Å². The second-order valence-corrected chi connectivity index (χ2v) is 4.67. The number of hydrogen-bond acceptors (Lipinski definition) is 4. The van der Waals surface area contributed by atoms with E-state index in [0.717, 1.165) is 0 Å². The van der Waals surface area contributed by atoms with Gasteiger partial charge in [-0.05, 0) is 20.3 Å². The van der Waals surface area contributed by atoms with Crippen molar-refractivity contribution < 1.29 is 19.1 Å². The fraction of sp³-hybridized carbons (Fsp3) is 0.786. The molecular weight excluding hydrogens is 274 g/mol. The maximum Gasteiger partial charge on any atom is 0.409 e. The van der Waals surface area contributed by atoms with Crippen LogP contribution in [0.1, 0.15) is 33.6 Å². The van der Waals surface area contributed by atoms with Gasteiger partial charge in [0.05, 0.1) is 6.61 Å². The monoisotopic (exact) mass is 301 g/mol. The van der Waals surface area contributed by atoms with Crippen molar-refractivity contribution in [2.45, 2.75) is 33.6 Å². The average molecular weight is 301 g/mol.